The van der Waals surface area contributed by atoms with E-state index >= 15 is 0 Å². The van der Waals surface area contributed by atoms with Gasteiger partial charge in [0.05, 0.1) is 5.56 Å². The van der Waals surface area contributed by atoms with E-state index in [0.29, 0.717) is 18.4 Å². The van der Waals surface area contributed by atoms with Crippen LogP contribution in [0.25, 0.3) is 0 Å². The quantitative estimate of drug-likeness (QED) is 0.424. The maximum absolute atomic E-state index is 12.6. The van der Waals surface area contributed by atoms with Gasteiger partial charge in [-0.05, 0) is 30.0 Å². The molecule has 3 rings (SSSR count). The number of hydrogen-bond acceptors (Lipinski definition) is 6. The molecule has 3 N–H and O–H groups in total. The molecule has 0 radical (unpaired) electrons. The fourth-order valence-electron chi connectivity index (χ4n) is 3.27. The molecule has 0 fully saturated rings. The van der Waals surface area contributed by atoms with E-state index in [9.17, 15) is 19.2 Å². The molecule has 0 spiro atoms. The van der Waals surface area contributed by atoms with Gasteiger partial charge in [0, 0.05) is 6.54 Å². The minimum Gasteiger partial charge on any atom is -0.454 e. The van der Waals surface area contributed by atoms with Crippen LogP contribution in [0.2, 0.25) is 0 Å². The maximum atomic E-state index is 12.6. The van der Waals surface area contributed by atoms with Gasteiger partial charge in [-0.1, -0.05) is 55.5 Å². The molecule has 0 bridgehead atoms. The molecule has 0 amide bonds. The molecule has 0 saturated carbocycles. The number of nitrogens with two attached hydrogens (primary N) is 1. The molecular formula is C23H23N3O5. The molecule has 0 aliphatic rings. The Morgan fingerprint density at radius 2 is 1.71 bits per heavy atom. The van der Waals surface area contributed by atoms with Gasteiger partial charge < -0.3 is 10.5 Å². The number of nitrogen functional groups attached to an aromatic ring is 1. The van der Waals surface area contributed by atoms with Crippen molar-refractivity contribution in [1.82, 2.24) is 9.55 Å². The zero-order valence-corrected chi connectivity index (χ0v) is 17.1. The summed E-state index contributed by atoms with van der Waals surface area (Å²) in [7, 11) is 0. The van der Waals surface area contributed by atoms with Gasteiger partial charge in [0.15, 0.2) is 6.61 Å². The molecule has 0 atom stereocenters. The number of Topliss-reactive ketones (excluding diaryl/α,β-unsaturated/α-hetero) is 1. The summed E-state index contributed by atoms with van der Waals surface area (Å²) in [6.07, 6.45) is 1.10. The Morgan fingerprint density at radius 1 is 1.03 bits per heavy atom. The van der Waals surface area contributed by atoms with Gasteiger partial charge >= 0.3 is 11.7 Å². The van der Waals surface area contributed by atoms with Crippen molar-refractivity contribution in [2.45, 2.75) is 26.3 Å². The number of carbonyl (C=O) groups excluding carboxylic acids is 2. The lowest BCUT2D eigenvalue weighted by molar-refractivity contribution is 0.0473. The second kappa shape index (κ2) is 9.71. The monoisotopic (exact) mass is 421 g/mol. The predicted molar refractivity (Wildman–Crippen MR) is 116 cm³/mol. The third kappa shape index (κ3) is 4.98. The third-order valence-corrected chi connectivity index (χ3v) is 4.77. The number of hydrogen-bond donors (Lipinski definition) is 2. The predicted octanol–water partition coefficient (Wildman–Crippen LogP) is 2.16. The van der Waals surface area contributed by atoms with Crippen LogP contribution in [-0.4, -0.2) is 27.9 Å². The number of nitrogens with zero attached hydrogens (tertiary/aromatic N) is 1. The standard InChI is InChI=1S/C23H23N3O5/c1-2-12-26-20(24)19(21(28)25-23(26)30)18(27)14-31-22(29)17-11-7-6-10-16(17)13-15-8-4-3-5-9-15/h3-11H,2,12-14,24H2,1H3,(H,25,28,30). The molecule has 0 aliphatic carbocycles. The lowest BCUT2D eigenvalue weighted by Crippen LogP contribution is -2.37. The van der Waals surface area contributed by atoms with Crippen molar-refractivity contribution < 1.29 is 14.3 Å². The summed E-state index contributed by atoms with van der Waals surface area (Å²) >= 11 is 0. The van der Waals surface area contributed by atoms with Gasteiger partial charge in [0.2, 0.25) is 5.78 Å². The van der Waals surface area contributed by atoms with Gasteiger partial charge in [0.1, 0.15) is 11.4 Å². The number of aromatic amines is 1. The number of aromatic nitrogens is 2. The first-order chi connectivity index (χ1) is 14.9. The van der Waals surface area contributed by atoms with Crippen LogP contribution in [0.3, 0.4) is 0 Å². The molecule has 160 valence electrons. The summed E-state index contributed by atoms with van der Waals surface area (Å²) in [6.45, 7) is 1.40. The van der Waals surface area contributed by atoms with Gasteiger partial charge in [-0.25, -0.2) is 9.59 Å². The Balaban J connectivity index is 1.78. The summed E-state index contributed by atoms with van der Waals surface area (Å²) in [5.74, 6) is -1.70. The molecule has 0 unspecified atom stereocenters. The number of rotatable bonds is 8. The molecule has 1 aromatic heterocycles. The van der Waals surface area contributed by atoms with Crippen molar-refractivity contribution in [1.29, 1.82) is 0 Å². The molecular weight excluding hydrogens is 398 g/mol. The minimum absolute atomic E-state index is 0.235. The van der Waals surface area contributed by atoms with Crippen LogP contribution < -0.4 is 17.0 Å². The van der Waals surface area contributed by atoms with Gasteiger partial charge in [-0.15, -0.1) is 0 Å². The highest BCUT2D eigenvalue weighted by Gasteiger charge is 2.21. The van der Waals surface area contributed by atoms with Crippen molar-refractivity contribution in [3.8, 4) is 0 Å². The zero-order valence-electron chi connectivity index (χ0n) is 17.1. The number of H-pyrrole nitrogens is 1. The smallest absolute Gasteiger partial charge is 0.338 e. The fourth-order valence-corrected chi connectivity index (χ4v) is 3.27. The number of anilines is 1. The van der Waals surface area contributed by atoms with Crippen LogP contribution in [0.5, 0.6) is 0 Å². The summed E-state index contributed by atoms with van der Waals surface area (Å²) in [4.78, 5) is 51.3. The van der Waals surface area contributed by atoms with Crippen LogP contribution in [-0.2, 0) is 17.7 Å². The van der Waals surface area contributed by atoms with E-state index in [-0.39, 0.29) is 12.4 Å². The Kier molecular flexibility index (Phi) is 6.81. The number of nitrogens with one attached hydrogen (secondary N) is 1. The SMILES string of the molecule is CCCn1c(N)c(C(=O)COC(=O)c2ccccc2Cc2ccccc2)c(=O)[nH]c1=O. The third-order valence-electron chi connectivity index (χ3n) is 4.77. The van der Waals surface area contributed by atoms with Crippen LogP contribution in [0, 0.1) is 0 Å². The highest BCUT2D eigenvalue weighted by atomic mass is 16.5. The van der Waals surface area contributed by atoms with Gasteiger partial charge in [-0.2, -0.15) is 0 Å². The number of ether oxygens (including phenoxy) is 1. The highest BCUT2D eigenvalue weighted by Crippen LogP contribution is 2.16. The van der Waals surface area contributed by atoms with E-state index in [1.165, 1.54) is 0 Å². The Labute approximate surface area is 178 Å². The van der Waals surface area contributed by atoms with Crippen LogP contribution >= 0.6 is 0 Å². The van der Waals surface area contributed by atoms with Gasteiger partial charge in [0.25, 0.3) is 5.56 Å². The molecule has 0 saturated heterocycles. The molecule has 0 aliphatic heterocycles. The summed E-state index contributed by atoms with van der Waals surface area (Å²) in [6, 6.07) is 16.6. The topological polar surface area (TPSA) is 124 Å². The second-order valence-corrected chi connectivity index (χ2v) is 6.99. The first-order valence-electron chi connectivity index (χ1n) is 9.87. The average Bonchev–Trinajstić information content (AvgIpc) is 2.76. The minimum atomic E-state index is -0.902. The lowest BCUT2D eigenvalue weighted by Gasteiger charge is -2.12. The first kappa shape index (κ1) is 21.8. The Hall–Kier alpha value is -3.94. The van der Waals surface area contributed by atoms with E-state index in [0.717, 1.165) is 15.7 Å². The Bertz CT molecular complexity index is 1210. The molecule has 8 nitrogen and oxygen atoms in total. The first-order valence-corrected chi connectivity index (χ1v) is 9.87. The number of esters is 1. The van der Waals surface area contributed by atoms with E-state index in [1.807, 2.05) is 49.4 Å². The summed E-state index contributed by atoms with van der Waals surface area (Å²) in [5, 5.41) is 0. The van der Waals surface area contributed by atoms with Crippen molar-refractivity contribution in [3.63, 3.8) is 0 Å². The van der Waals surface area contributed by atoms with E-state index in [2.05, 4.69) is 4.98 Å². The van der Waals surface area contributed by atoms with E-state index in [4.69, 9.17) is 10.5 Å². The van der Waals surface area contributed by atoms with E-state index in [1.54, 1.807) is 12.1 Å². The molecule has 1 heterocycles. The summed E-state index contributed by atoms with van der Waals surface area (Å²) in [5.41, 5.74) is 6.01. The fraction of sp³-hybridized carbons (Fsp3) is 0.217. The summed E-state index contributed by atoms with van der Waals surface area (Å²) < 4.78 is 6.30. The second-order valence-electron chi connectivity index (χ2n) is 6.99. The van der Waals surface area contributed by atoms with Crippen molar-refractivity contribution >= 4 is 17.6 Å². The van der Waals surface area contributed by atoms with Crippen LogP contribution in [0.15, 0.2) is 64.2 Å². The maximum Gasteiger partial charge on any atom is 0.338 e. The zero-order chi connectivity index (χ0) is 22.4. The van der Waals surface area contributed by atoms with Crippen molar-refractivity contribution in [2.24, 2.45) is 0 Å². The molecule has 31 heavy (non-hydrogen) atoms. The highest BCUT2D eigenvalue weighted by molar-refractivity contribution is 6.02. The number of ketones is 1. The average molecular weight is 421 g/mol. The molecule has 2 aromatic carbocycles. The molecule has 3 aromatic rings. The van der Waals surface area contributed by atoms with Crippen LogP contribution in [0.1, 0.15) is 45.2 Å². The van der Waals surface area contributed by atoms with E-state index < -0.39 is 35.2 Å². The Morgan fingerprint density at radius 3 is 2.42 bits per heavy atom. The van der Waals surface area contributed by atoms with Crippen LogP contribution in [0.4, 0.5) is 5.82 Å². The number of carbonyl (C=O) groups is 2. The largest absolute Gasteiger partial charge is 0.454 e. The van der Waals surface area contributed by atoms with Gasteiger partial charge in [-0.3, -0.25) is 19.1 Å². The van der Waals surface area contributed by atoms with Crippen molar-refractivity contribution in [2.75, 3.05) is 12.3 Å². The lowest BCUT2D eigenvalue weighted by atomic mass is 10.00. The normalized spacial score (nSPS) is 10.6. The number of benzene rings is 2. The molecule has 8 heteroatoms. The van der Waals surface area contributed by atoms with Crippen molar-refractivity contribution in [3.05, 3.63) is 97.7 Å².